The van der Waals surface area contributed by atoms with Crippen molar-refractivity contribution in [2.24, 2.45) is 11.8 Å². The van der Waals surface area contributed by atoms with Crippen LogP contribution in [0.15, 0.2) is 0 Å². The fourth-order valence-electron chi connectivity index (χ4n) is 2.67. The van der Waals surface area contributed by atoms with E-state index in [4.69, 9.17) is 5.11 Å². The summed E-state index contributed by atoms with van der Waals surface area (Å²) in [6.45, 7) is 3.22. The zero-order valence-corrected chi connectivity index (χ0v) is 12.5. The summed E-state index contributed by atoms with van der Waals surface area (Å²) in [4.78, 5) is 22.0. The summed E-state index contributed by atoms with van der Waals surface area (Å²) in [6, 6.07) is -0.136. The number of amides is 2. The molecule has 0 bridgehead atoms. The minimum Gasteiger partial charge on any atom is -0.481 e. The summed E-state index contributed by atoms with van der Waals surface area (Å²) in [6.07, 6.45) is 8.45. The summed E-state index contributed by atoms with van der Waals surface area (Å²) in [7, 11) is 0. The van der Waals surface area contributed by atoms with Crippen LogP contribution in [0, 0.1) is 11.8 Å². The molecular weight excluding hydrogens is 256 g/mol. The second kappa shape index (κ2) is 9.61. The molecule has 20 heavy (non-hydrogen) atoms. The van der Waals surface area contributed by atoms with Gasteiger partial charge in [-0.25, -0.2) is 4.79 Å². The minimum absolute atomic E-state index is 0.136. The number of carbonyl (C=O) groups is 2. The van der Waals surface area contributed by atoms with Crippen LogP contribution in [0.5, 0.6) is 0 Å². The number of nitrogens with one attached hydrogen (secondary N) is 2. The van der Waals surface area contributed by atoms with Gasteiger partial charge in [-0.05, 0) is 24.7 Å². The summed E-state index contributed by atoms with van der Waals surface area (Å²) in [5.74, 6) is 0.183. The maximum Gasteiger partial charge on any atom is 0.314 e. The molecule has 1 unspecified atom stereocenters. The van der Waals surface area contributed by atoms with E-state index in [1.807, 2.05) is 6.92 Å². The van der Waals surface area contributed by atoms with E-state index in [0.29, 0.717) is 13.0 Å². The van der Waals surface area contributed by atoms with Crippen LogP contribution in [-0.4, -0.2) is 30.2 Å². The predicted molar refractivity (Wildman–Crippen MR) is 78.6 cm³/mol. The van der Waals surface area contributed by atoms with Crippen molar-refractivity contribution in [3.8, 4) is 0 Å². The van der Waals surface area contributed by atoms with E-state index in [-0.39, 0.29) is 18.4 Å². The van der Waals surface area contributed by atoms with Gasteiger partial charge in [0.25, 0.3) is 0 Å². The summed E-state index contributed by atoms with van der Waals surface area (Å²) in [5.41, 5.74) is 0. The largest absolute Gasteiger partial charge is 0.481 e. The molecule has 2 amide bonds. The Hall–Kier alpha value is -1.26. The molecule has 0 heterocycles. The molecule has 3 N–H and O–H groups in total. The number of hydrogen-bond donors (Lipinski definition) is 3. The highest BCUT2D eigenvalue weighted by atomic mass is 16.4. The van der Waals surface area contributed by atoms with Crippen LogP contribution in [0.4, 0.5) is 4.79 Å². The molecule has 116 valence electrons. The average molecular weight is 284 g/mol. The van der Waals surface area contributed by atoms with Gasteiger partial charge in [0.05, 0.1) is 0 Å². The van der Waals surface area contributed by atoms with Crippen molar-refractivity contribution >= 4 is 12.0 Å². The lowest BCUT2D eigenvalue weighted by atomic mass is 9.87. The van der Waals surface area contributed by atoms with Gasteiger partial charge in [0.15, 0.2) is 0 Å². The highest BCUT2D eigenvalue weighted by Gasteiger charge is 2.13. The highest BCUT2D eigenvalue weighted by Crippen LogP contribution is 2.25. The SMILES string of the molecule is CC(CCC(=O)O)CNC(=O)NCCC1CCCCC1. The number of carbonyl (C=O) groups excluding carboxylic acids is 1. The standard InChI is InChI=1S/C15H28N2O3/c1-12(7-8-14(18)19)11-17-15(20)16-10-9-13-5-3-2-4-6-13/h12-13H,2-11H2,1H3,(H,18,19)(H2,16,17,20). The molecular formula is C15H28N2O3. The molecule has 0 spiro atoms. The van der Waals surface area contributed by atoms with E-state index < -0.39 is 5.97 Å². The van der Waals surface area contributed by atoms with Gasteiger partial charge in [0, 0.05) is 19.5 Å². The molecule has 0 aromatic rings. The van der Waals surface area contributed by atoms with E-state index in [9.17, 15) is 9.59 Å². The Bertz CT molecular complexity index is 301. The molecule has 1 fully saturated rings. The number of aliphatic carboxylic acids is 1. The van der Waals surface area contributed by atoms with E-state index in [2.05, 4.69) is 10.6 Å². The van der Waals surface area contributed by atoms with Crippen LogP contribution in [0.3, 0.4) is 0 Å². The van der Waals surface area contributed by atoms with Gasteiger partial charge in [-0.1, -0.05) is 39.0 Å². The first-order valence-electron chi connectivity index (χ1n) is 7.81. The lowest BCUT2D eigenvalue weighted by molar-refractivity contribution is -0.137. The lowest BCUT2D eigenvalue weighted by Crippen LogP contribution is -2.38. The molecule has 0 saturated heterocycles. The summed E-state index contributed by atoms with van der Waals surface area (Å²) >= 11 is 0. The van der Waals surface area contributed by atoms with Gasteiger partial charge in [-0.3, -0.25) is 4.79 Å². The molecule has 0 aliphatic heterocycles. The van der Waals surface area contributed by atoms with Crippen molar-refractivity contribution in [1.29, 1.82) is 0 Å². The van der Waals surface area contributed by atoms with Gasteiger partial charge in [-0.2, -0.15) is 0 Å². The number of rotatable bonds is 8. The maximum atomic E-state index is 11.6. The van der Waals surface area contributed by atoms with Crippen LogP contribution in [0.2, 0.25) is 0 Å². The second-order valence-electron chi connectivity index (χ2n) is 5.97. The molecule has 5 nitrogen and oxygen atoms in total. The first kappa shape index (κ1) is 16.8. The van der Waals surface area contributed by atoms with Gasteiger partial charge in [-0.15, -0.1) is 0 Å². The normalized spacial score (nSPS) is 17.4. The van der Waals surface area contributed by atoms with Crippen molar-refractivity contribution in [2.45, 2.75) is 58.3 Å². The first-order chi connectivity index (χ1) is 9.58. The third kappa shape index (κ3) is 8.02. The van der Waals surface area contributed by atoms with Crippen LogP contribution in [0.25, 0.3) is 0 Å². The Morgan fingerprint density at radius 2 is 1.90 bits per heavy atom. The average Bonchev–Trinajstić information content (AvgIpc) is 2.44. The third-order valence-electron chi connectivity index (χ3n) is 4.02. The molecule has 5 heteroatoms. The highest BCUT2D eigenvalue weighted by molar-refractivity contribution is 5.73. The maximum absolute atomic E-state index is 11.6. The van der Waals surface area contributed by atoms with Crippen molar-refractivity contribution in [2.75, 3.05) is 13.1 Å². The zero-order chi connectivity index (χ0) is 14.8. The molecule has 1 aliphatic rings. The first-order valence-corrected chi connectivity index (χ1v) is 7.81. The summed E-state index contributed by atoms with van der Waals surface area (Å²) in [5, 5.41) is 14.3. The Morgan fingerprint density at radius 1 is 1.20 bits per heavy atom. The number of urea groups is 1. The third-order valence-corrected chi connectivity index (χ3v) is 4.02. The number of hydrogen-bond acceptors (Lipinski definition) is 2. The Balaban J connectivity index is 2.00. The van der Waals surface area contributed by atoms with Gasteiger partial charge in [0.2, 0.25) is 0 Å². The van der Waals surface area contributed by atoms with Crippen molar-refractivity contribution < 1.29 is 14.7 Å². The lowest BCUT2D eigenvalue weighted by Gasteiger charge is -2.21. The molecule has 1 saturated carbocycles. The van der Waals surface area contributed by atoms with Crippen LogP contribution in [0.1, 0.15) is 58.3 Å². The second-order valence-corrected chi connectivity index (χ2v) is 5.97. The van der Waals surface area contributed by atoms with Gasteiger partial charge >= 0.3 is 12.0 Å². The quantitative estimate of drug-likeness (QED) is 0.641. The number of carboxylic acid groups (broad SMARTS) is 1. The molecule has 0 aromatic heterocycles. The minimum atomic E-state index is -0.784. The van der Waals surface area contributed by atoms with Crippen LogP contribution in [-0.2, 0) is 4.79 Å². The van der Waals surface area contributed by atoms with Crippen molar-refractivity contribution in [1.82, 2.24) is 10.6 Å². The molecule has 0 radical (unpaired) electrons. The fourth-order valence-corrected chi connectivity index (χ4v) is 2.67. The van der Waals surface area contributed by atoms with Crippen LogP contribution < -0.4 is 10.6 Å². The van der Waals surface area contributed by atoms with Gasteiger partial charge in [0.1, 0.15) is 0 Å². The van der Waals surface area contributed by atoms with E-state index >= 15 is 0 Å². The van der Waals surface area contributed by atoms with E-state index in [1.54, 1.807) is 0 Å². The van der Waals surface area contributed by atoms with Gasteiger partial charge < -0.3 is 15.7 Å². The smallest absolute Gasteiger partial charge is 0.314 e. The number of carboxylic acids is 1. The molecule has 1 aliphatic carbocycles. The van der Waals surface area contributed by atoms with E-state index in [0.717, 1.165) is 18.9 Å². The molecule has 1 rings (SSSR count). The van der Waals surface area contributed by atoms with Crippen molar-refractivity contribution in [3.63, 3.8) is 0 Å². The Morgan fingerprint density at radius 3 is 2.55 bits per heavy atom. The fraction of sp³-hybridized carbons (Fsp3) is 0.867. The monoisotopic (exact) mass is 284 g/mol. The topological polar surface area (TPSA) is 78.4 Å². The van der Waals surface area contributed by atoms with E-state index in [1.165, 1.54) is 32.1 Å². The zero-order valence-electron chi connectivity index (χ0n) is 12.5. The van der Waals surface area contributed by atoms with Crippen LogP contribution >= 0.6 is 0 Å². The Kier molecular flexibility index (Phi) is 8.07. The van der Waals surface area contributed by atoms with Crippen molar-refractivity contribution in [3.05, 3.63) is 0 Å². The molecule has 1 atom stereocenters. The molecule has 0 aromatic carbocycles. The predicted octanol–water partition coefficient (Wildman–Crippen LogP) is 2.76. The Labute approximate surface area is 121 Å². The summed E-state index contributed by atoms with van der Waals surface area (Å²) < 4.78 is 0.